The van der Waals surface area contributed by atoms with E-state index in [1.54, 1.807) is 0 Å². The molecule has 0 spiro atoms. The van der Waals surface area contributed by atoms with Crippen molar-refractivity contribution in [2.45, 2.75) is 32.9 Å². The van der Waals surface area contributed by atoms with Crippen LogP contribution in [0.1, 0.15) is 36.1 Å². The van der Waals surface area contributed by atoms with Gasteiger partial charge in [0.1, 0.15) is 0 Å². The normalized spacial score (nSPS) is 12.2. The molecule has 0 heterocycles. The van der Waals surface area contributed by atoms with Crippen LogP contribution in [0.15, 0.2) is 48.5 Å². The van der Waals surface area contributed by atoms with E-state index < -0.39 is 6.10 Å². The summed E-state index contributed by atoms with van der Waals surface area (Å²) < 4.78 is 0. The average Bonchev–Trinajstić information content (AvgIpc) is 2.48. The summed E-state index contributed by atoms with van der Waals surface area (Å²) in [4.78, 5) is 2.19. The number of anilines is 1. The second kappa shape index (κ2) is 6.58. The molecule has 0 saturated heterocycles. The molecule has 106 valence electrons. The van der Waals surface area contributed by atoms with E-state index in [-0.39, 0.29) is 0 Å². The quantitative estimate of drug-likeness (QED) is 0.884. The molecular weight excluding hydrogens is 246 g/mol. The molecule has 0 aromatic heterocycles. The molecule has 2 rings (SSSR count). The van der Waals surface area contributed by atoms with Crippen LogP contribution in [0.5, 0.6) is 0 Å². The summed E-state index contributed by atoms with van der Waals surface area (Å²) in [7, 11) is 2.07. The Kier molecular flexibility index (Phi) is 4.80. The van der Waals surface area contributed by atoms with Crippen LogP contribution in [0.25, 0.3) is 0 Å². The van der Waals surface area contributed by atoms with Crippen molar-refractivity contribution < 1.29 is 5.11 Å². The number of aliphatic hydroxyl groups is 1. The molecule has 0 saturated carbocycles. The van der Waals surface area contributed by atoms with E-state index in [1.807, 2.05) is 25.1 Å². The van der Waals surface area contributed by atoms with Gasteiger partial charge in [0.05, 0.1) is 6.10 Å². The van der Waals surface area contributed by atoms with Crippen molar-refractivity contribution in [2.24, 2.45) is 0 Å². The average molecular weight is 269 g/mol. The Balaban J connectivity index is 2.20. The van der Waals surface area contributed by atoms with Gasteiger partial charge in [0.2, 0.25) is 0 Å². The lowest BCUT2D eigenvalue weighted by Gasteiger charge is -2.24. The zero-order valence-electron chi connectivity index (χ0n) is 12.5. The lowest BCUT2D eigenvalue weighted by molar-refractivity contribution is 0.174. The topological polar surface area (TPSA) is 23.5 Å². The van der Waals surface area contributed by atoms with Gasteiger partial charge in [0.25, 0.3) is 0 Å². The first-order chi connectivity index (χ1) is 9.61. The van der Waals surface area contributed by atoms with Crippen LogP contribution < -0.4 is 4.90 Å². The fourth-order valence-electron chi connectivity index (χ4n) is 2.39. The van der Waals surface area contributed by atoms with Crippen LogP contribution in [0, 0.1) is 6.92 Å². The molecule has 2 aromatic rings. The maximum absolute atomic E-state index is 10.1. The monoisotopic (exact) mass is 269 g/mol. The van der Waals surface area contributed by atoms with Crippen LogP contribution in [-0.4, -0.2) is 12.2 Å². The molecule has 20 heavy (non-hydrogen) atoms. The highest BCUT2D eigenvalue weighted by Crippen LogP contribution is 2.28. The van der Waals surface area contributed by atoms with Gasteiger partial charge in [-0.3, -0.25) is 0 Å². The van der Waals surface area contributed by atoms with Gasteiger partial charge in [-0.25, -0.2) is 0 Å². The number of para-hydroxylation sites is 1. The molecule has 0 radical (unpaired) electrons. The van der Waals surface area contributed by atoms with Crippen LogP contribution >= 0.6 is 0 Å². The van der Waals surface area contributed by atoms with Crippen molar-refractivity contribution >= 4 is 5.69 Å². The molecule has 1 atom stereocenters. The summed E-state index contributed by atoms with van der Waals surface area (Å²) in [5.41, 5.74) is 4.66. The van der Waals surface area contributed by atoms with E-state index in [1.165, 1.54) is 11.1 Å². The number of hydrogen-bond acceptors (Lipinski definition) is 2. The van der Waals surface area contributed by atoms with Gasteiger partial charge in [-0.1, -0.05) is 55.0 Å². The molecule has 0 aliphatic heterocycles. The Hall–Kier alpha value is -1.80. The highest BCUT2D eigenvalue weighted by molar-refractivity contribution is 5.54. The third-order valence-corrected chi connectivity index (χ3v) is 3.63. The first kappa shape index (κ1) is 14.6. The molecule has 0 aliphatic carbocycles. The smallest absolute Gasteiger partial charge is 0.0807 e. The highest BCUT2D eigenvalue weighted by atomic mass is 16.3. The number of nitrogens with zero attached hydrogens (tertiary/aromatic N) is 1. The largest absolute Gasteiger partial charge is 0.388 e. The number of aliphatic hydroxyl groups excluding tert-OH is 1. The second-order valence-corrected chi connectivity index (χ2v) is 5.32. The lowest BCUT2D eigenvalue weighted by Crippen LogP contribution is -2.18. The Morgan fingerprint density at radius 3 is 2.35 bits per heavy atom. The fraction of sp³-hybridized carbons (Fsp3) is 0.333. The van der Waals surface area contributed by atoms with Crippen LogP contribution in [-0.2, 0) is 6.54 Å². The fourth-order valence-corrected chi connectivity index (χ4v) is 2.39. The zero-order valence-corrected chi connectivity index (χ0v) is 12.5. The van der Waals surface area contributed by atoms with Crippen molar-refractivity contribution in [1.29, 1.82) is 0 Å². The third kappa shape index (κ3) is 3.40. The summed E-state index contributed by atoms with van der Waals surface area (Å²) in [6.45, 7) is 4.94. The Bertz CT molecular complexity index is 548. The second-order valence-electron chi connectivity index (χ2n) is 5.32. The molecule has 0 fully saturated rings. The highest BCUT2D eigenvalue weighted by Gasteiger charge is 2.13. The first-order valence-electron chi connectivity index (χ1n) is 7.15. The molecule has 0 unspecified atom stereocenters. The van der Waals surface area contributed by atoms with E-state index in [4.69, 9.17) is 0 Å². The van der Waals surface area contributed by atoms with Crippen LogP contribution in [0.3, 0.4) is 0 Å². The predicted octanol–water partition coefficient (Wildman–Crippen LogP) is 4.07. The van der Waals surface area contributed by atoms with Crippen molar-refractivity contribution in [2.75, 3.05) is 11.9 Å². The number of hydrogen-bond donors (Lipinski definition) is 1. The van der Waals surface area contributed by atoms with Gasteiger partial charge < -0.3 is 10.0 Å². The van der Waals surface area contributed by atoms with Crippen molar-refractivity contribution in [3.8, 4) is 0 Å². The van der Waals surface area contributed by atoms with Crippen LogP contribution in [0.4, 0.5) is 5.69 Å². The van der Waals surface area contributed by atoms with Gasteiger partial charge in [0.15, 0.2) is 0 Å². The Labute approximate surface area is 121 Å². The molecule has 1 N–H and O–H groups in total. The molecule has 2 aromatic carbocycles. The summed E-state index contributed by atoms with van der Waals surface area (Å²) >= 11 is 0. The summed E-state index contributed by atoms with van der Waals surface area (Å²) in [5, 5.41) is 10.1. The molecule has 2 heteroatoms. The molecular formula is C18H23NO. The molecule has 2 nitrogen and oxygen atoms in total. The maximum atomic E-state index is 10.1. The SMILES string of the molecule is CC[C@H](O)c1ccccc1N(C)Cc1ccc(C)cc1. The summed E-state index contributed by atoms with van der Waals surface area (Å²) in [6.07, 6.45) is 0.335. The Morgan fingerprint density at radius 2 is 1.70 bits per heavy atom. The number of rotatable bonds is 5. The zero-order chi connectivity index (χ0) is 14.5. The van der Waals surface area contributed by atoms with Crippen molar-refractivity contribution in [1.82, 2.24) is 0 Å². The summed E-state index contributed by atoms with van der Waals surface area (Å²) in [5.74, 6) is 0. The molecule has 0 bridgehead atoms. The van der Waals surface area contributed by atoms with Gasteiger partial charge >= 0.3 is 0 Å². The first-order valence-corrected chi connectivity index (χ1v) is 7.15. The maximum Gasteiger partial charge on any atom is 0.0807 e. The van der Waals surface area contributed by atoms with E-state index in [2.05, 4.69) is 49.2 Å². The van der Waals surface area contributed by atoms with Gasteiger partial charge in [-0.05, 0) is 25.0 Å². The number of benzene rings is 2. The van der Waals surface area contributed by atoms with Crippen LogP contribution in [0.2, 0.25) is 0 Å². The van der Waals surface area contributed by atoms with Gasteiger partial charge in [-0.15, -0.1) is 0 Å². The predicted molar refractivity (Wildman–Crippen MR) is 85.0 cm³/mol. The molecule has 0 aliphatic rings. The minimum absolute atomic E-state index is 0.397. The standard InChI is InChI=1S/C18H23NO/c1-4-18(20)16-7-5-6-8-17(16)19(3)13-15-11-9-14(2)10-12-15/h5-12,18,20H,4,13H2,1-3H3/t18-/m0/s1. The molecule has 0 amide bonds. The Morgan fingerprint density at radius 1 is 1.05 bits per heavy atom. The van der Waals surface area contributed by atoms with Gasteiger partial charge in [0, 0.05) is 24.8 Å². The van der Waals surface area contributed by atoms with E-state index in [0.717, 1.165) is 24.2 Å². The van der Waals surface area contributed by atoms with Gasteiger partial charge in [-0.2, -0.15) is 0 Å². The van der Waals surface area contributed by atoms with Crippen molar-refractivity contribution in [3.63, 3.8) is 0 Å². The lowest BCUT2D eigenvalue weighted by atomic mass is 10.0. The third-order valence-electron chi connectivity index (χ3n) is 3.63. The number of aryl methyl sites for hydroxylation is 1. The summed E-state index contributed by atoms with van der Waals surface area (Å²) in [6, 6.07) is 16.7. The van der Waals surface area contributed by atoms with Crippen molar-refractivity contribution in [3.05, 3.63) is 65.2 Å². The van der Waals surface area contributed by atoms with E-state index in [9.17, 15) is 5.11 Å². The van der Waals surface area contributed by atoms with E-state index in [0.29, 0.717) is 0 Å². The minimum atomic E-state index is -0.397. The minimum Gasteiger partial charge on any atom is -0.388 e. The van der Waals surface area contributed by atoms with E-state index >= 15 is 0 Å².